The van der Waals surface area contributed by atoms with Crippen LogP contribution in [0.5, 0.6) is 0 Å². The summed E-state index contributed by atoms with van der Waals surface area (Å²) in [4.78, 5) is 4.82. The number of fused-ring (bicyclic) bond motifs is 1. The Bertz CT molecular complexity index is 958. The Morgan fingerprint density at radius 3 is 2.43 bits per heavy atom. The summed E-state index contributed by atoms with van der Waals surface area (Å²) in [6.45, 7) is 0.781. The third kappa shape index (κ3) is 2.73. The van der Waals surface area contributed by atoms with Gasteiger partial charge in [0.05, 0.1) is 11.0 Å². The SMILES string of the molecule is Clc1cccc(-c2nc3ccccc3n2Cc2ccccc2)c1. The van der Waals surface area contributed by atoms with Gasteiger partial charge in [-0.05, 0) is 29.8 Å². The maximum absolute atomic E-state index is 6.17. The monoisotopic (exact) mass is 318 g/mol. The van der Waals surface area contributed by atoms with Crippen LogP contribution < -0.4 is 0 Å². The fourth-order valence-electron chi connectivity index (χ4n) is 2.85. The van der Waals surface area contributed by atoms with Crippen molar-refractivity contribution in [3.8, 4) is 11.4 Å². The Kier molecular flexibility index (Phi) is 3.60. The minimum Gasteiger partial charge on any atom is -0.319 e. The summed E-state index contributed by atoms with van der Waals surface area (Å²) in [5, 5.41) is 0.723. The van der Waals surface area contributed by atoms with Crippen molar-refractivity contribution in [1.29, 1.82) is 0 Å². The second kappa shape index (κ2) is 5.90. The molecule has 4 rings (SSSR count). The van der Waals surface area contributed by atoms with E-state index in [4.69, 9.17) is 16.6 Å². The van der Waals surface area contributed by atoms with E-state index in [9.17, 15) is 0 Å². The Labute approximate surface area is 140 Å². The quantitative estimate of drug-likeness (QED) is 0.494. The number of aromatic nitrogens is 2. The van der Waals surface area contributed by atoms with Crippen LogP contribution >= 0.6 is 11.6 Å². The summed E-state index contributed by atoms with van der Waals surface area (Å²) in [7, 11) is 0. The van der Waals surface area contributed by atoms with Gasteiger partial charge in [0.15, 0.2) is 0 Å². The topological polar surface area (TPSA) is 17.8 Å². The molecular weight excluding hydrogens is 304 g/mol. The zero-order valence-electron chi connectivity index (χ0n) is 12.5. The van der Waals surface area contributed by atoms with Crippen molar-refractivity contribution in [2.45, 2.75) is 6.54 Å². The van der Waals surface area contributed by atoms with Gasteiger partial charge in [-0.1, -0.05) is 66.2 Å². The van der Waals surface area contributed by atoms with Gasteiger partial charge in [0.25, 0.3) is 0 Å². The molecule has 112 valence electrons. The van der Waals surface area contributed by atoms with E-state index in [1.807, 2.05) is 42.5 Å². The van der Waals surface area contributed by atoms with E-state index in [2.05, 4.69) is 41.0 Å². The van der Waals surface area contributed by atoms with Crippen molar-refractivity contribution >= 4 is 22.6 Å². The molecule has 1 aromatic heterocycles. The lowest BCUT2D eigenvalue weighted by atomic mass is 10.2. The fraction of sp³-hybridized carbons (Fsp3) is 0.0500. The average Bonchev–Trinajstić information content (AvgIpc) is 2.95. The summed E-state index contributed by atoms with van der Waals surface area (Å²) in [6.07, 6.45) is 0. The largest absolute Gasteiger partial charge is 0.319 e. The maximum Gasteiger partial charge on any atom is 0.141 e. The summed E-state index contributed by atoms with van der Waals surface area (Å²) in [5.74, 6) is 0.942. The number of rotatable bonds is 3. The molecule has 0 saturated heterocycles. The van der Waals surface area contributed by atoms with E-state index in [0.717, 1.165) is 34.0 Å². The van der Waals surface area contributed by atoms with E-state index in [-0.39, 0.29) is 0 Å². The van der Waals surface area contributed by atoms with Crippen LogP contribution in [0, 0.1) is 0 Å². The van der Waals surface area contributed by atoms with Gasteiger partial charge in [-0.15, -0.1) is 0 Å². The lowest BCUT2D eigenvalue weighted by molar-refractivity contribution is 0.834. The smallest absolute Gasteiger partial charge is 0.141 e. The Hall–Kier alpha value is -2.58. The van der Waals surface area contributed by atoms with Gasteiger partial charge >= 0.3 is 0 Å². The number of nitrogens with zero attached hydrogens (tertiary/aromatic N) is 2. The molecule has 3 heteroatoms. The lowest BCUT2D eigenvalue weighted by Crippen LogP contribution is -2.02. The van der Waals surface area contributed by atoms with Gasteiger partial charge in [0, 0.05) is 17.1 Å². The minimum absolute atomic E-state index is 0.723. The van der Waals surface area contributed by atoms with Crippen LogP contribution in [0.25, 0.3) is 22.4 Å². The first-order valence-electron chi connectivity index (χ1n) is 7.56. The highest BCUT2D eigenvalue weighted by molar-refractivity contribution is 6.30. The maximum atomic E-state index is 6.17. The van der Waals surface area contributed by atoms with Crippen LogP contribution in [0.2, 0.25) is 5.02 Å². The van der Waals surface area contributed by atoms with E-state index < -0.39 is 0 Å². The molecule has 0 aliphatic rings. The van der Waals surface area contributed by atoms with Crippen LogP contribution in [0.1, 0.15) is 5.56 Å². The zero-order chi connectivity index (χ0) is 15.6. The van der Waals surface area contributed by atoms with Gasteiger partial charge in [0.2, 0.25) is 0 Å². The third-order valence-corrected chi connectivity index (χ3v) is 4.16. The zero-order valence-corrected chi connectivity index (χ0v) is 13.2. The highest BCUT2D eigenvalue weighted by Crippen LogP contribution is 2.27. The first kappa shape index (κ1) is 14.0. The summed E-state index contributed by atoms with van der Waals surface area (Å²) in [5.41, 5.74) is 4.41. The molecule has 0 fully saturated rings. The van der Waals surface area contributed by atoms with E-state index in [1.54, 1.807) is 0 Å². The first-order chi connectivity index (χ1) is 11.3. The molecule has 0 radical (unpaired) electrons. The predicted octanol–water partition coefficient (Wildman–Crippen LogP) is 5.41. The highest BCUT2D eigenvalue weighted by Gasteiger charge is 2.12. The van der Waals surface area contributed by atoms with E-state index >= 15 is 0 Å². The number of hydrogen-bond acceptors (Lipinski definition) is 1. The van der Waals surface area contributed by atoms with Gasteiger partial charge < -0.3 is 4.57 Å². The van der Waals surface area contributed by atoms with Crippen LogP contribution in [0.3, 0.4) is 0 Å². The second-order valence-corrected chi connectivity index (χ2v) is 5.94. The lowest BCUT2D eigenvalue weighted by Gasteiger charge is -2.10. The average molecular weight is 319 g/mol. The van der Waals surface area contributed by atoms with Gasteiger partial charge in [-0.3, -0.25) is 0 Å². The Morgan fingerprint density at radius 2 is 1.61 bits per heavy atom. The molecule has 0 amide bonds. The molecule has 0 aliphatic heterocycles. The molecule has 0 aliphatic carbocycles. The standard InChI is InChI=1S/C20H15ClN2/c21-17-10-6-9-16(13-17)20-22-18-11-4-5-12-19(18)23(20)14-15-7-2-1-3-8-15/h1-13H,14H2. The first-order valence-corrected chi connectivity index (χ1v) is 7.94. The predicted molar refractivity (Wildman–Crippen MR) is 95.7 cm³/mol. The van der Waals surface area contributed by atoms with Crippen molar-refractivity contribution in [2.75, 3.05) is 0 Å². The van der Waals surface area contributed by atoms with Crippen molar-refractivity contribution in [3.05, 3.63) is 89.4 Å². The number of hydrogen-bond donors (Lipinski definition) is 0. The van der Waals surface area contributed by atoms with Crippen LogP contribution in [-0.2, 0) is 6.54 Å². The second-order valence-electron chi connectivity index (χ2n) is 5.51. The van der Waals surface area contributed by atoms with Crippen LogP contribution in [-0.4, -0.2) is 9.55 Å². The van der Waals surface area contributed by atoms with E-state index in [0.29, 0.717) is 0 Å². The molecule has 1 heterocycles. The molecule has 0 unspecified atom stereocenters. The number of imidazole rings is 1. The van der Waals surface area contributed by atoms with Crippen LogP contribution in [0.4, 0.5) is 0 Å². The molecule has 0 N–H and O–H groups in total. The summed E-state index contributed by atoms with van der Waals surface area (Å²) >= 11 is 6.17. The molecule has 0 bridgehead atoms. The highest BCUT2D eigenvalue weighted by atomic mass is 35.5. The molecule has 23 heavy (non-hydrogen) atoms. The normalized spacial score (nSPS) is 11.0. The minimum atomic E-state index is 0.723. The molecule has 0 spiro atoms. The molecule has 0 atom stereocenters. The van der Waals surface area contributed by atoms with Crippen molar-refractivity contribution in [3.63, 3.8) is 0 Å². The van der Waals surface area contributed by atoms with Crippen LogP contribution in [0.15, 0.2) is 78.9 Å². The third-order valence-electron chi connectivity index (χ3n) is 3.92. The Morgan fingerprint density at radius 1 is 0.826 bits per heavy atom. The molecule has 0 saturated carbocycles. The summed E-state index contributed by atoms with van der Waals surface area (Å²) < 4.78 is 2.25. The molecule has 2 nitrogen and oxygen atoms in total. The van der Waals surface area contributed by atoms with Gasteiger partial charge in [0.1, 0.15) is 5.82 Å². The number of halogens is 1. The molecular formula is C20H15ClN2. The fourth-order valence-corrected chi connectivity index (χ4v) is 3.04. The van der Waals surface area contributed by atoms with Crippen molar-refractivity contribution in [1.82, 2.24) is 9.55 Å². The van der Waals surface area contributed by atoms with Gasteiger partial charge in [-0.2, -0.15) is 0 Å². The number of para-hydroxylation sites is 2. The Balaban J connectivity index is 1.91. The van der Waals surface area contributed by atoms with Gasteiger partial charge in [-0.25, -0.2) is 4.98 Å². The van der Waals surface area contributed by atoms with Crippen molar-refractivity contribution < 1.29 is 0 Å². The number of benzene rings is 3. The van der Waals surface area contributed by atoms with Crippen molar-refractivity contribution in [2.24, 2.45) is 0 Å². The molecule has 3 aromatic carbocycles. The van der Waals surface area contributed by atoms with E-state index in [1.165, 1.54) is 5.56 Å². The molecule has 4 aromatic rings. The summed E-state index contributed by atoms with van der Waals surface area (Å²) in [6, 6.07) is 26.5.